The van der Waals surface area contributed by atoms with Crippen molar-refractivity contribution in [2.45, 2.75) is 18.9 Å². The zero-order valence-corrected chi connectivity index (χ0v) is 13.5. The quantitative estimate of drug-likeness (QED) is 0.905. The van der Waals surface area contributed by atoms with Gasteiger partial charge in [-0.2, -0.15) is 0 Å². The van der Waals surface area contributed by atoms with E-state index in [0.29, 0.717) is 5.69 Å². The Morgan fingerprint density at radius 2 is 2.05 bits per heavy atom. The Hall–Kier alpha value is -2.02. The van der Waals surface area contributed by atoms with Crippen LogP contribution < -0.4 is 10.2 Å². The number of carbonyl (C=O) groups excluding carboxylic acids is 1. The Balaban J connectivity index is 1.56. The largest absolute Gasteiger partial charge is 0.356 e. The van der Waals surface area contributed by atoms with Crippen LogP contribution in [0.2, 0.25) is 0 Å². The lowest BCUT2D eigenvalue weighted by molar-refractivity contribution is 0.0926. The van der Waals surface area contributed by atoms with Gasteiger partial charge in [0.2, 0.25) is 0 Å². The van der Waals surface area contributed by atoms with Crippen LogP contribution in [-0.2, 0) is 0 Å². The molecule has 1 fully saturated rings. The van der Waals surface area contributed by atoms with E-state index in [9.17, 15) is 4.79 Å². The van der Waals surface area contributed by atoms with E-state index in [4.69, 9.17) is 0 Å². The fourth-order valence-corrected chi connectivity index (χ4v) is 3.04. The van der Waals surface area contributed by atoms with E-state index in [2.05, 4.69) is 41.1 Å². The summed E-state index contributed by atoms with van der Waals surface area (Å²) in [5.41, 5.74) is 0.407. The predicted octanol–water partition coefficient (Wildman–Crippen LogP) is 2.03. The molecule has 2 aromatic rings. The minimum atomic E-state index is -0.139. The number of rotatable bonds is 3. The van der Waals surface area contributed by atoms with Gasteiger partial charge in [0.1, 0.15) is 17.8 Å². The topological polar surface area (TPSA) is 71.0 Å². The molecule has 0 radical (unpaired) electrons. The molecule has 0 spiro atoms. The molecule has 1 saturated heterocycles. The summed E-state index contributed by atoms with van der Waals surface area (Å²) in [5.74, 6) is 0.822. The molecule has 22 heavy (non-hydrogen) atoms. The lowest BCUT2D eigenvalue weighted by Gasteiger charge is -2.33. The number of nitrogens with one attached hydrogen (secondary N) is 1. The molecule has 0 aliphatic carbocycles. The highest BCUT2D eigenvalue weighted by Crippen LogP contribution is 2.25. The first-order chi connectivity index (χ1) is 10.7. The van der Waals surface area contributed by atoms with Crippen LogP contribution in [0.25, 0.3) is 0 Å². The smallest absolute Gasteiger partial charge is 0.270 e. The predicted molar refractivity (Wildman–Crippen MR) is 86.7 cm³/mol. The number of hydrogen-bond acceptors (Lipinski definition) is 5. The van der Waals surface area contributed by atoms with Crippen molar-refractivity contribution in [2.75, 3.05) is 18.0 Å². The average molecular weight is 362 g/mol. The standard InChI is InChI=1S/C15H16BrN5O/c16-12-2-1-6-18-14(12)21-8-4-11(5-9-21)20-15(22)13-3-7-17-10-19-13/h1-3,6-7,10-11H,4-5,8-9H2,(H,20,22). The SMILES string of the molecule is O=C(NC1CCN(c2ncccc2Br)CC1)c1ccncn1. The van der Waals surface area contributed by atoms with E-state index in [0.717, 1.165) is 36.2 Å². The van der Waals surface area contributed by atoms with Crippen LogP contribution in [0.1, 0.15) is 23.3 Å². The number of hydrogen-bond donors (Lipinski definition) is 1. The van der Waals surface area contributed by atoms with E-state index in [1.807, 2.05) is 12.1 Å². The number of amides is 1. The Morgan fingerprint density at radius 1 is 1.23 bits per heavy atom. The van der Waals surface area contributed by atoms with Crippen LogP contribution in [0.15, 0.2) is 41.4 Å². The Labute approximate surface area is 137 Å². The van der Waals surface area contributed by atoms with Gasteiger partial charge in [0, 0.05) is 31.5 Å². The van der Waals surface area contributed by atoms with Crippen LogP contribution >= 0.6 is 15.9 Å². The van der Waals surface area contributed by atoms with Crippen LogP contribution in [-0.4, -0.2) is 40.0 Å². The van der Waals surface area contributed by atoms with Gasteiger partial charge in [-0.25, -0.2) is 15.0 Å². The van der Waals surface area contributed by atoms with Gasteiger partial charge in [0.05, 0.1) is 4.47 Å². The van der Waals surface area contributed by atoms with Crippen LogP contribution in [0.4, 0.5) is 5.82 Å². The second-order valence-electron chi connectivity index (χ2n) is 5.14. The van der Waals surface area contributed by atoms with E-state index in [-0.39, 0.29) is 11.9 Å². The number of anilines is 1. The molecule has 114 valence electrons. The second-order valence-corrected chi connectivity index (χ2v) is 5.99. The van der Waals surface area contributed by atoms with E-state index in [1.165, 1.54) is 6.33 Å². The molecular weight excluding hydrogens is 346 g/mol. The fourth-order valence-electron chi connectivity index (χ4n) is 2.53. The molecule has 0 aromatic carbocycles. The molecular formula is C15H16BrN5O. The van der Waals surface area contributed by atoms with Crippen molar-refractivity contribution in [3.05, 3.63) is 47.1 Å². The van der Waals surface area contributed by atoms with Crippen molar-refractivity contribution >= 4 is 27.7 Å². The lowest BCUT2D eigenvalue weighted by atomic mass is 10.0. The van der Waals surface area contributed by atoms with E-state index >= 15 is 0 Å². The summed E-state index contributed by atoms with van der Waals surface area (Å²) in [5, 5.41) is 3.03. The van der Waals surface area contributed by atoms with Gasteiger partial charge in [-0.3, -0.25) is 4.79 Å². The third-order valence-corrected chi connectivity index (χ3v) is 4.30. The highest BCUT2D eigenvalue weighted by Gasteiger charge is 2.23. The molecule has 7 heteroatoms. The summed E-state index contributed by atoms with van der Waals surface area (Å²) in [6.45, 7) is 1.73. The van der Waals surface area contributed by atoms with Gasteiger partial charge in [-0.15, -0.1) is 0 Å². The average Bonchev–Trinajstić information content (AvgIpc) is 2.57. The molecule has 0 bridgehead atoms. The maximum atomic E-state index is 12.1. The van der Waals surface area contributed by atoms with Gasteiger partial charge in [0.15, 0.2) is 0 Å². The molecule has 1 amide bonds. The third kappa shape index (κ3) is 3.41. The van der Waals surface area contributed by atoms with Crippen LogP contribution in [0.5, 0.6) is 0 Å². The van der Waals surface area contributed by atoms with Crippen molar-refractivity contribution in [3.63, 3.8) is 0 Å². The monoisotopic (exact) mass is 361 g/mol. The minimum Gasteiger partial charge on any atom is -0.356 e. The Bertz CT molecular complexity index is 643. The minimum absolute atomic E-state index is 0.139. The van der Waals surface area contributed by atoms with E-state index in [1.54, 1.807) is 18.5 Å². The summed E-state index contributed by atoms with van der Waals surface area (Å²) in [6.07, 6.45) is 6.53. The first-order valence-electron chi connectivity index (χ1n) is 7.16. The maximum Gasteiger partial charge on any atom is 0.270 e. The van der Waals surface area contributed by atoms with Gasteiger partial charge in [-0.1, -0.05) is 0 Å². The zero-order valence-electron chi connectivity index (χ0n) is 11.9. The third-order valence-electron chi connectivity index (χ3n) is 3.68. The van der Waals surface area contributed by atoms with Crippen molar-refractivity contribution in [1.29, 1.82) is 0 Å². The first-order valence-corrected chi connectivity index (χ1v) is 7.95. The van der Waals surface area contributed by atoms with Gasteiger partial charge >= 0.3 is 0 Å². The van der Waals surface area contributed by atoms with Gasteiger partial charge < -0.3 is 10.2 Å². The van der Waals surface area contributed by atoms with Crippen molar-refractivity contribution < 1.29 is 4.79 Å². The summed E-state index contributed by atoms with van der Waals surface area (Å²) in [4.78, 5) is 26.5. The zero-order chi connectivity index (χ0) is 15.4. The number of nitrogens with zero attached hydrogens (tertiary/aromatic N) is 4. The Morgan fingerprint density at radius 3 is 2.73 bits per heavy atom. The second kappa shape index (κ2) is 6.83. The summed E-state index contributed by atoms with van der Waals surface area (Å²) < 4.78 is 0.999. The molecule has 0 saturated carbocycles. The molecule has 2 aromatic heterocycles. The number of aromatic nitrogens is 3. The molecule has 6 nitrogen and oxygen atoms in total. The number of halogens is 1. The van der Waals surface area contributed by atoms with Crippen molar-refractivity contribution in [1.82, 2.24) is 20.3 Å². The van der Waals surface area contributed by atoms with Crippen molar-refractivity contribution in [3.8, 4) is 0 Å². The molecule has 0 atom stereocenters. The highest BCUT2D eigenvalue weighted by molar-refractivity contribution is 9.10. The first kappa shape index (κ1) is 14.9. The van der Waals surface area contributed by atoms with Crippen LogP contribution in [0, 0.1) is 0 Å². The maximum absolute atomic E-state index is 12.1. The molecule has 3 heterocycles. The molecule has 0 unspecified atom stereocenters. The molecule has 1 aliphatic heterocycles. The number of carbonyl (C=O) groups is 1. The summed E-state index contributed by atoms with van der Waals surface area (Å²) in [7, 11) is 0. The van der Waals surface area contributed by atoms with Gasteiger partial charge in [-0.05, 0) is 47.0 Å². The van der Waals surface area contributed by atoms with E-state index < -0.39 is 0 Å². The van der Waals surface area contributed by atoms with Gasteiger partial charge in [0.25, 0.3) is 5.91 Å². The number of pyridine rings is 1. The molecule has 3 rings (SSSR count). The fraction of sp³-hybridized carbons (Fsp3) is 0.333. The van der Waals surface area contributed by atoms with Crippen LogP contribution in [0.3, 0.4) is 0 Å². The molecule has 1 N–H and O–H groups in total. The highest BCUT2D eigenvalue weighted by atomic mass is 79.9. The lowest BCUT2D eigenvalue weighted by Crippen LogP contribution is -2.45. The van der Waals surface area contributed by atoms with Crippen molar-refractivity contribution in [2.24, 2.45) is 0 Å². The Kier molecular flexibility index (Phi) is 4.62. The summed E-state index contributed by atoms with van der Waals surface area (Å²) >= 11 is 3.53. The number of piperidine rings is 1. The normalized spacial score (nSPS) is 15.6. The summed E-state index contributed by atoms with van der Waals surface area (Å²) in [6, 6.07) is 5.68. The molecule has 1 aliphatic rings.